The van der Waals surface area contributed by atoms with Crippen LogP contribution in [-0.4, -0.2) is 51.6 Å². The highest BCUT2D eigenvalue weighted by molar-refractivity contribution is 5.96. The smallest absolute Gasteiger partial charge is 0.317 e. The third-order valence-electron chi connectivity index (χ3n) is 3.95. The number of amides is 1. The molecule has 1 unspecified atom stereocenters. The Morgan fingerprint density at radius 1 is 1.32 bits per heavy atom. The number of aromatic nitrogens is 3. The number of rotatable bonds is 5. The first-order valence-corrected chi connectivity index (χ1v) is 8.43. The van der Waals surface area contributed by atoms with E-state index in [1.54, 1.807) is 23.2 Å². The second-order valence-corrected chi connectivity index (χ2v) is 6.00. The molecule has 3 heterocycles. The molecule has 0 saturated carbocycles. The summed E-state index contributed by atoms with van der Waals surface area (Å²) in [6.45, 7) is 7.26. The van der Waals surface area contributed by atoms with Crippen molar-refractivity contribution in [3.63, 3.8) is 0 Å². The van der Waals surface area contributed by atoms with E-state index in [1.165, 1.54) is 0 Å². The number of likely N-dealkylation sites (tertiary alicyclic amines) is 1. The summed E-state index contributed by atoms with van der Waals surface area (Å²) in [5.41, 5.74) is 2.21. The Labute approximate surface area is 147 Å². The predicted molar refractivity (Wildman–Crippen MR) is 91.8 cm³/mol. The highest BCUT2D eigenvalue weighted by Crippen LogP contribution is 2.22. The van der Waals surface area contributed by atoms with Gasteiger partial charge in [0.25, 0.3) is 5.91 Å². The fourth-order valence-corrected chi connectivity index (χ4v) is 2.88. The van der Waals surface area contributed by atoms with Crippen LogP contribution in [0.5, 0.6) is 11.9 Å². The second-order valence-electron chi connectivity index (χ2n) is 6.00. The Bertz CT molecular complexity index is 745. The average molecular weight is 342 g/mol. The molecule has 7 heteroatoms. The van der Waals surface area contributed by atoms with Crippen molar-refractivity contribution < 1.29 is 14.3 Å². The predicted octanol–water partition coefficient (Wildman–Crippen LogP) is 2.18. The zero-order valence-electron chi connectivity index (χ0n) is 14.7. The van der Waals surface area contributed by atoms with E-state index >= 15 is 0 Å². The van der Waals surface area contributed by atoms with Crippen LogP contribution < -0.4 is 9.47 Å². The molecule has 7 nitrogen and oxygen atoms in total. The van der Waals surface area contributed by atoms with Crippen molar-refractivity contribution in [2.75, 3.05) is 19.7 Å². The largest absolute Gasteiger partial charge is 0.477 e. The first-order valence-electron chi connectivity index (χ1n) is 8.43. The van der Waals surface area contributed by atoms with Crippen molar-refractivity contribution in [1.29, 1.82) is 0 Å². The first kappa shape index (κ1) is 17.1. The van der Waals surface area contributed by atoms with Crippen LogP contribution in [0.3, 0.4) is 0 Å². The van der Waals surface area contributed by atoms with Crippen molar-refractivity contribution in [3.8, 4) is 11.9 Å². The highest BCUT2D eigenvalue weighted by atomic mass is 16.5. The third kappa shape index (κ3) is 4.04. The van der Waals surface area contributed by atoms with Gasteiger partial charge in [-0.15, -0.1) is 0 Å². The number of nitrogens with zero attached hydrogens (tertiary/aromatic N) is 4. The molecule has 2 aromatic rings. The Morgan fingerprint density at radius 3 is 2.80 bits per heavy atom. The third-order valence-corrected chi connectivity index (χ3v) is 3.95. The molecule has 1 saturated heterocycles. The molecule has 1 fully saturated rings. The molecule has 0 aliphatic carbocycles. The number of aryl methyl sites for hydroxylation is 2. The fourth-order valence-electron chi connectivity index (χ4n) is 2.88. The lowest BCUT2D eigenvalue weighted by Crippen LogP contribution is -2.31. The van der Waals surface area contributed by atoms with Gasteiger partial charge in [0.1, 0.15) is 11.7 Å². The molecule has 0 bridgehead atoms. The van der Waals surface area contributed by atoms with Crippen LogP contribution in [-0.2, 0) is 0 Å². The van der Waals surface area contributed by atoms with Crippen LogP contribution in [0.1, 0.15) is 35.1 Å². The van der Waals surface area contributed by atoms with Gasteiger partial charge in [-0.3, -0.25) is 4.79 Å². The molecular formula is C18H22N4O3. The van der Waals surface area contributed by atoms with E-state index in [4.69, 9.17) is 9.47 Å². The molecule has 2 aromatic heterocycles. The van der Waals surface area contributed by atoms with Crippen molar-refractivity contribution in [3.05, 3.63) is 41.3 Å². The summed E-state index contributed by atoms with van der Waals surface area (Å²) in [7, 11) is 0. The van der Waals surface area contributed by atoms with Gasteiger partial charge in [0.2, 0.25) is 5.88 Å². The molecule has 1 aliphatic heterocycles. The van der Waals surface area contributed by atoms with Gasteiger partial charge < -0.3 is 14.4 Å². The second kappa shape index (κ2) is 7.46. The van der Waals surface area contributed by atoms with E-state index < -0.39 is 0 Å². The fraction of sp³-hybridized carbons (Fsp3) is 0.444. The SMILES string of the molecule is CCOc1ncccc1C(=O)N1CCC(Oc2nc(C)cc(C)n2)C1. The number of hydrogen-bond acceptors (Lipinski definition) is 6. The molecule has 0 aromatic carbocycles. The van der Waals surface area contributed by atoms with E-state index in [9.17, 15) is 4.79 Å². The minimum Gasteiger partial charge on any atom is -0.477 e. The van der Waals surface area contributed by atoms with Gasteiger partial charge in [0.05, 0.1) is 13.2 Å². The number of carbonyl (C=O) groups is 1. The van der Waals surface area contributed by atoms with E-state index in [0.717, 1.165) is 17.8 Å². The summed E-state index contributed by atoms with van der Waals surface area (Å²) in [5, 5.41) is 0. The number of hydrogen-bond donors (Lipinski definition) is 0. The number of ether oxygens (including phenoxy) is 2. The lowest BCUT2D eigenvalue weighted by molar-refractivity contribution is 0.0764. The number of carbonyl (C=O) groups excluding carboxylic acids is 1. The lowest BCUT2D eigenvalue weighted by Gasteiger charge is -2.18. The molecule has 0 N–H and O–H groups in total. The van der Waals surface area contributed by atoms with Gasteiger partial charge in [-0.05, 0) is 39.0 Å². The zero-order chi connectivity index (χ0) is 17.8. The Hall–Kier alpha value is -2.70. The Morgan fingerprint density at radius 2 is 2.08 bits per heavy atom. The summed E-state index contributed by atoms with van der Waals surface area (Å²) in [5.74, 6) is 0.279. The van der Waals surface area contributed by atoms with Crippen molar-refractivity contribution >= 4 is 5.91 Å². The number of pyridine rings is 1. The molecular weight excluding hydrogens is 320 g/mol. The first-order chi connectivity index (χ1) is 12.1. The minimum absolute atomic E-state index is 0.0935. The Kier molecular flexibility index (Phi) is 5.11. The van der Waals surface area contributed by atoms with E-state index in [1.807, 2.05) is 26.8 Å². The molecule has 0 radical (unpaired) electrons. The highest BCUT2D eigenvalue weighted by Gasteiger charge is 2.30. The minimum atomic E-state index is -0.114. The standard InChI is InChI=1S/C18H22N4O3/c1-4-24-16-15(6-5-8-19-16)17(23)22-9-7-14(11-22)25-18-20-12(2)10-13(3)21-18/h5-6,8,10,14H,4,7,9,11H2,1-3H3. The van der Waals surface area contributed by atoms with Gasteiger partial charge in [0, 0.05) is 30.6 Å². The van der Waals surface area contributed by atoms with Crippen LogP contribution in [0.15, 0.2) is 24.4 Å². The molecule has 1 amide bonds. The zero-order valence-corrected chi connectivity index (χ0v) is 14.7. The maximum Gasteiger partial charge on any atom is 0.317 e. The monoisotopic (exact) mass is 342 g/mol. The average Bonchev–Trinajstić information content (AvgIpc) is 3.02. The topological polar surface area (TPSA) is 77.4 Å². The summed E-state index contributed by atoms with van der Waals surface area (Å²) in [4.78, 5) is 27.3. The summed E-state index contributed by atoms with van der Waals surface area (Å²) < 4.78 is 11.3. The Balaban J connectivity index is 1.67. The van der Waals surface area contributed by atoms with Crippen molar-refractivity contribution in [2.45, 2.75) is 33.3 Å². The van der Waals surface area contributed by atoms with Gasteiger partial charge in [-0.2, -0.15) is 0 Å². The molecule has 1 atom stereocenters. The molecule has 0 spiro atoms. The van der Waals surface area contributed by atoms with Crippen LogP contribution in [0.25, 0.3) is 0 Å². The van der Waals surface area contributed by atoms with Gasteiger partial charge in [0.15, 0.2) is 0 Å². The van der Waals surface area contributed by atoms with E-state index in [0.29, 0.717) is 37.2 Å². The molecule has 3 rings (SSSR count). The van der Waals surface area contributed by atoms with Gasteiger partial charge in [-0.1, -0.05) is 0 Å². The van der Waals surface area contributed by atoms with Crippen LogP contribution in [0, 0.1) is 13.8 Å². The normalized spacial score (nSPS) is 16.8. The molecule has 132 valence electrons. The van der Waals surface area contributed by atoms with Gasteiger partial charge in [-0.25, -0.2) is 15.0 Å². The van der Waals surface area contributed by atoms with Crippen molar-refractivity contribution in [1.82, 2.24) is 19.9 Å². The summed E-state index contributed by atoms with van der Waals surface area (Å²) >= 11 is 0. The van der Waals surface area contributed by atoms with E-state index in [-0.39, 0.29) is 12.0 Å². The van der Waals surface area contributed by atoms with Gasteiger partial charge >= 0.3 is 6.01 Å². The maximum atomic E-state index is 12.8. The van der Waals surface area contributed by atoms with Crippen molar-refractivity contribution in [2.24, 2.45) is 0 Å². The molecule has 1 aliphatic rings. The van der Waals surface area contributed by atoms with Crippen LogP contribution in [0.4, 0.5) is 0 Å². The maximum absolute atomic E-state index is 12.8. The summed E-state index contributed by atoms with van der Waals surface area (Å²) in [6.07, 6.45) is 2.25. The van der Waals surface area contributed by atoms with E-state index in [2.05, 4.69) is 15.0 Å². The summed E-state index contributed by atoms with van der Waals surface area (Å²) in [6, 6.07) is 5.74. The van der Waals surface area contributed by atoms with Crippen LogP contribution >= 0.6 is 0 Å². The quantitative estimate of drug-likeness (QED) is 0.829. The van der Waals surface area contributed by atoms with Crippen LogP contribution in [0.2, 0.25) is 0 Å². The molecule has 25 heavy (non-hydrogen) atoms. The lowest BCUT2D eigenvalue weighted by atomic mass is 10.2.